The Labute approximate surface area is 82.0 Å². The van der Waals surface area contributed by atoms with E-state index in [1.165, 1.54) is 0 Å². The molecule has 0 amide bonds. The average molecular weight is 189 g/mol. The Bertz CT molecular complexity index is 445. The molecule has 1 aromatic heterocycles. The van der Waals surface area contributed by atoms with Crippen LogP contribution in [0.1, 0.15) is 12.5 Å². The first-order valence-corrected chi connectivity index (χ1v) is 4.53. The lowest BCUT2D eigenvalue weighted by molar-refractivity contribution is 0.160. The van der Waals surface area contributed by atoms with E-state index < -0.39 is 0 Å². The fourth-order valence-corrected chi connectivity index (χ4v) is 1.24. The van der Waals surface area contributed by atoms with Crippen LogP contribution < -0.4 is 0 Å². The summed E-state index contributed by atoms with van der Waals surface area (Å²) in [6, 6.07) is 7.78. The Morgan fingerprint density at radius 2 is 2.36 bits per heavy atom. The lowest BCUT2D eigenvalue weighted by Crippen LogP contribution is -1.83. The van der Waals surface area contributed by atoms with Crippen LogP contribution in [0.5, 0.6) is 0 Å². The second-order valence-corrected chi connectivity index (χ2v) is 2.87. The van der Waals surface area contributed by atoms with Crippen molar-refractivity contribution in [2.75, 3.05) is 6.61 Å². The first-order chi connectivity index (χ1) is 6.90. The van der Waals surface area contributed by atoms with E-state index in [2.05, 4.69) is 5.16 Å². The van der Waals surface area contributed by atoms with Gasteiger partial charge in [0.1, 0.15) is 12.2 Å². The highest BCUT2D eigenvalue weighted by molar-refractivity contribution is 5.87. The summed E-state index contributed by atoms with van der Waals surface area (Å²) in [5.41, 5.74) is 1.89. The zero-order valence-corrected chi connectivity index (χ0v) is 7.93. The number of furan rings is 1. The molecule has 14 heavy (non-hydrogen) atoms. The van der Waals surface area contributed by atoms with Gasteiger partial charge in [-0.15, -0.1) is 0 Å². The lowest BCUT2D eigenvalue weighted by atomic mass is 10.2. The standard InChI is InChI=1S/C11H11NO2/c1-2-14-12-8-9-3-4-11-10(7-9)5-6-13-11/h3-8H,2H2,1H3. The van der Waals surface area contributed by atoms with Crippen LogP contribution in [-0.2, 0) is 4.84 Å². The number of oxime groups is 1. The van der Waals surface area contributed by atoms with Gasteiger partial charge < -0.3 is 9.25 Å². The van der Waals surface area contributed by atoms with Gasteiger partial charge in [0.05, 0.1) is 12.5 Å². The van der Waals surface area contributed by atoms with E-state index in [1.54, 1.807) is 12.5 Å². The van der Waals surface area contributed by atoms with Crippen molar-refractivity contribution < 1.29 is 9.25 Å². The number of hydrogen-bond donors (Lipinski definition) is 0. The third kappa shape index (κ3) is 1.76. The molecule has 2 aromatic rings. The predicted octanol–water partition coefficient (Wildman–Crippen LogP) is 2.80. The minimum absolute atomic E-state index is 0.588. The van der Waals surface area contributed by atoms with Gasteiger partial charge in [0.25, 0.3) is 0 Å². The van der Waals surface area contributed by atoms with Crippen LogP contribution >= 0.6 is 0 Å². The zero-order valence-electron chi connectivity index (χ0n) is 7.93. The molecular formula is C11H11NO2. The minimum atomic E-state index is 0.588. The average Bonchev–Trinajstić information content (AvgIpc) is 2.65. The van der Waals surface area contributed by atoms with Crippen LogP contribution in [0.4, 0.5) is 0 Å². The van der Waals surface area contributed by atoms with E-state index in [-0.39, 0.29) is 0 Å². The maximum atomic E-state index is 5.22. The topological polar surface area (TPSA) is 34.7 Å². The van der Waals surface area contributed by atoms with Crippen LogP contribution in [0.3, 0.4) is 0 Å². The molecule has 0 saturated carbocycles. The van der Waals surface area contributed by atoms with Crippen LogP contribution in [0.15, 0.2) is 40.1 Å². The van der Waals surface area contributed by atoms with Gasteiger partial charge in [0.2, 0.25) is 0 Å². The van der Waals surface area contributed by atoms with Gasteiger partial charge in [-0.05, 0) is 36.8 Å². The third-order valence-corrected chi connectivity index (χ3v) is 1.88. The first-order valence-electron chi connectivity index (χ1n) is 4.53. The van der Waals surface area contributed by atoms with E-state index >= 15 is 0 Å². The summed E-state index contributed by atoms with van der Waals surface area (Å²) in [5.74, 6) is 0. The molecule has 0 aliphatic heterocycles. The maximum absolute atomic E-state index is 5.22. The van der Waals surface area contributed by atoms with Gasteiger partial charge in [-0.1, -0.05) is 5.16 Å². The van der Waals surface area contributed by atoms with E-state index in [9.17, 15) is 0 Å². The Morgan fingerprint density at radius 1 is 1.43 bits per heavy atom. The summed E-state index contributed by atoms with van der Waals surface area (Å²) in [4.78, 5) is 4.88. The van der Waals surface area contributed by atoms with Crippen LogP contribution in [0, 0.1) is 0 Å². The summed E-state index contributed by atoms with van der Waals surface area (Å²) in [7, 11) is 0. The smallest absolute Gasteiger partial charge is 0.133 e. The first kappa shape index (κ1) is 8.81. The fourth-order valence-electron chi connectivity index (χ4n) is 1.24. The van der Waals surface area contributed by atoms with E-state index in [1.807, 2.05) is 31.2 Å². The van der Waals surface area contributed by atoms with Crippen molar-refractivity contribution in [2.45, 2.75) is 6.92 Å². The fraction of sp³-hybridized carbons (Fsp3) is 0.182. The zero-order chi connectivity index (χ0) is 9.80. The predicted molar refractivity (Wildman–Crippen MR) is 55.4 cm³/mol. The molecule has 2 rings (SSSR count). The molecule has 3 nitrogen and oxygen atoms in total. The Kier molecular flexibility index (Phi) is 2.49. The molecular weight excluding hydrogens is 178 g/mol. The molecule has 0 spiro atoms. The molecule has 0 fully saturated rings. The van der Waals surface area contributed by atoms with E-state index in [0.29, 0.717) is 6.61 Å². The highest BCUT2D eigenvalue weighted by atomic mass is 16.6. The normalized spacial score (nSPS) is 11.2. The molecule has 0 unspecified atom stereocenters. The van der Waals surface area contributed by atoms with Crippen LogP contribution in [0.25, 0.3) is 11.0 Å². The van der Waals surface area contributed by atoms with Gasteiger partial charge >= 0.3 is 0 Å². The number of rotatable bonds is 3. The molecule has 0 aliphatic rings. The summed E-state index contributed by atoms with van der Waals surface area (Å²) in [6.45, 7) is 2.49. The number of hydrogen-bond acceptors (Lipinski definition) is 3. The molecule has 0 radical (unpaired) electrons. The quantitative estimate of drug-likeness (QED) is 0.549. The largest absolute Gasteiger partial charge is 0.464 e. The van der Waals surface area contributed by atoms with Gasteiger partial charge in [0.15, 0.2) is 0 Å². The molecule has 1 heterocycles. The monoisotopic (exact) mass is 189 g/mol. The summed E-state index contributed by atoms with van der Waals surface area (Å²) >= 11 is 0. The number of fused-ring (bicyclic) bond motifs is 1. The molecule has 0 saturated heterocycles. The molecule has 1 aromatic carbocycles. The highest BCUT2D eigenvalue weighted by Gasteiger charge is 1.96. The SMILES string of the molecule is CCON=Cc1ccc2occc2c1. The summed E-state index contributed by atoms with van der Waals surface area (Å²) < 4.78 is 5.22. The molecule has 0 N–H and O–H groups in total. The van der Waals surface area contributed by atoms with Gasteiger partial charge in [0, 0.05) is 5.39 Å². The molecule has 3 heteroatoms. The summed E-state index contributed by atoms with van der Waals surface area (Å²) in [6.07, 6.45) is 3.37. The Hall–Kier alpha value is -1.77. The van der Waals surface area contributed by atoms with Crippen molar-refractivity contribution in [1.82, 2.24) is 0 Å². The van der Waals surface area contributed by atoms with E-state index in [4.69, 9.17) is 9.25 Å². The lowest BCUT2D eigenvalue weighted by Gasteiger charge is -1.93. The van der Waals surface area contributed by atoms with Crippen LogP contribution in [0.2, 0.25) is 0 Å². The van der Waals surface area contributed by atoms with Crippen molar-refractivity contribution in [3.8, 4) is 0 Å². The second-order valence-electron chi connectivity index (χ2n) is 2.87. The van der Waals surface area contributed by atoms with Gasteiger partial charge in [-0.2, -0.15) is 0 Å². The molecule has 0 bridgehead atoms. The Morgan fingerprint density at radius 3 is 3.21 bits per heavy atom. The minimum Gasteiger partial charge on any atom is -0.464 e. The Balaban J connectivity index is 2.25. The van der Waals surface area contributed by atoms with Gasteiger partial charge in [-0.3, -0.25) is 0 Å². The molecule has 72 valence electrons. The van der Waals surface area contributed by atoms with Crippen molar-refractivity contribution >= 4 is 17.2 Å². The molecule has 0 aliphatic carbocycles. The van der Waals surface area contributed by atoms with Crippen molar-refractivity contribution in [3.05, 3.63) is 36.1 Å². The summed E-state index contributed by atoms with van der Waals surface area (Å²) in [5, 5.41) is 4.87. The number of benzene rings is 1. The third-order valence-electron chi connectivity index (χ3n) is 1.88. The number of nitrogens with zero attached hydrogens (tertiary/aromatic N) is 1. The highest BCUT2D eigenvalue weighted by Crippen LogP contribution is 2.15. The van der Waals surface area contributed by atoms with E-state index in [0.717, 1.165) is 16.5 Å². The van der Waals surface area contributed by atoms with Crippen LogP contribution in [-0.4, -0.2) is 12.8 Å². The van der Waals surface area contributed by atoms with Crippen molar-refractivity contribution in [1.29, 1.82) is 0 Å². The second kappa shape index (κ2) is 3.96. The maximum Gasteiger partial charge on any atom is 0.133 e. The van der Waals surface area contributed by atoms with Crippen molar-refractivity contribution in [2.24, 2.45) is 5.16 Å². The van der Waals surface area contributed by atoms with Gasteiger partial charge in [-0.25, -0.2) is 0 Å². The molecule has 0 atom stereocenters. The van der Waals surface area contributed by atoms with Crippen molar-refractivity contribution in [3.63, 3.8) is 0 Å².